The number of thiophene rings is 1. The van der Waals surface area contributed by atoms with Crippen molar-refractivity contribution in [2.75, 3.05) is 0 Å². The van der Waals surface area contributed by atoms with E-state index < -0.39 is 5.92 Å². The van der Waals surface area contributed by atoms with Crippen molar-refractivity contribution >= 4 is 21.4 Å². The zero-order valence-electron chi connectivity index (χ0n) is 14.4. The van der Waals surface area contributed by atoms with Crippen LogP contribution in [-0.2, 0) is 0 Å². The molecule has 0 saturated carbocycles. The number of hydrogen-bond donors (Lipinski definition) is 1. The Balaban J connectivity index is 2.32. The second-order valence-electron chi connectivity index (χ2n) is 5.86. The van der Waals surface area contributed by atoms with E-state index >= 15 is 0 Å². The van der Waals surface area contributed by atoms with Gasteiger partial charge in [-0.15, -0.1) is 11.3 Å². The van der Waals surface area contributed by atoms with E-state index in [0.717, 1.165) is 26.9 Å². The molecular weight excluding hydrogens is 338 g/mol. The smallest absolute Gasteiger partial charge is 0.0979 e. The van der Waals surface area contributed by atoms with E-state index in [-0.39, 0.29) is 0 Å². The molecule has 2 heterocycles. The number of nitriles is 2. The maximum absolute atomic E-state index is 9.95. The van der Waals surface area contributed by atoms with Crippen LogP contribution in [0.25, 0.3) is 10.1 Å². The predicted octanol–water partition coefficient (Wildman–Crippen LogP) is 5.46. The highest BCUT2D eigenvalue weighted by Gasteiger charge is 2.32. The fraction of sp³-hybridized carbons (Fsp3) is 0.0909. The molecule has 3 nitrogen and oxygen atoms in total. The third-order valence-corrected chi connectivity index (χ3v) is 5.41. The summed E-state index contributed by atoms with van der Waals surface area (Å²) < 4.78 is 1.14. The molecule has 0 amide bonds. The third kappa shape index (κ3) is 2.77. The summed E-state index contributed by atoms with van der Waals surface area (Å²) in [4.78, 5) is 0. The van der Waals surface area contributed by atoms with Crippen molar-refractivity contribution in [3.63, 3.8) is 0 Å². The van der Waals surface area contributed by atoms with Crippen molar-refractivity contribution < 1.29 is 0 Å². The van der Waals surface area contributed by atoms with Crippen LogP contribution in [0.3, 0.4) is 0 Å². The van der Waals surface area contributed by atoms with Crippen LogP contribution in [0.15, 0.2) is 89.1 Å². The maximum atomic E-state index is 9.95. The first-order valence-electron chi connectivity index (χ1n) is 8.10. The molecule has 126 valence electrons. The lowest BCUT2D eigenvalue weighted by Crippen LogP contribution is -2.25. The number of allylic oxidation sites excluding steroid dienone is 6. The predicted molar refractivity (Wildman–Crippen MR) is 107 cm³/mol. The first kappa shape index (κ1) is 17.5. The van der Waals surface area contributed by atoms with Crippen LogP contribution < -0.4 is 5.32 Å². The van der Waals surface area contributed by atoms with Crippen LogP contribution in [-0.4, -0.2) is 0 Å². The molecule has 3 rings (SSSR count). The highest BCUT2D eigenvalue weighted by molar-refractivity contribution is 7.17. The average Bonchev–Trinajstić information content (AvgIpc) is 3.09. The standard InChI is InChI=1S/C22H17N3S/c1-4-8-15(5-2)22-18(12-24)21(17(11-23)14(3)25-22)19-13-26-20-10-7-6-9-16(19)20/h4-10,13,21,25H,1-2H2,3H3/b15-8+. The molecule has 1 aromatic carbocycles. The van der Waals surface area contributed by atoms with Crippen molar-refractivity contribution in [1.82, 2.24) is 5.32 Å². The Hall–Kier alpha value is -3.34. The zero-order valence-corrected chi connectivity index (χ0v) is 15.2. The van der Waals surface area contributed by atoms with Gasteiger partial charge in [0.05, 0.1) is 34.9 Å². The van der Waals surface area contributed by atoms with Gasteiger partial charge in [-0.05, 0) is 34.9 Å². The zero-order chi connectivity index (χ0) is 18.7. The molecule has 1 unspecified atom stereocenters. The van der Waals surface area contributed by atoms with Gasteiger partial charge in [-0.1, -0.05) is 49.6 Å². The van der Waals surface area contributed by atoms with E-state index in [2.05, 4.69) is 36.7 Å². The van der Waals surface area contributed by atoms with E-state index in [4.69, 9.17) is 0 Å². The molecule has 1 aliphatic heterocycles. The minimum atomic E-state index is -0.398. The SMILES string of the molecule is C=C/C=C(\C=C)C1=C(C#N)C(c2csc3ccccc23)C(C#N)=C(C)N1. The van der Waals surface area contributed by atoms with Gasteiger partial charge in [-0.3, -0.25) is 0 Å². The Labute approximate surface area is 157 Å². The second-order valence-corrected chi connectivity index (χ2v) is 6.77. The molecule has 2 aromatic rings. The van der Waals surface area contributed by atoms with Crippen LogP contribution >= 0.6 is 11.3 Å². The quantitative estimate of drug-likeness (QED) is 0.741. The number of benzene rings is 1. The Bertz CT molecular complexity index is 1080. The molecular formula is C22H17N3S. The fourth-order valence-electron chi connectivity index (χ4n) is 3.24. The normalized spacial score (nSPS) is 17.5. The molecule has 0 spiro atoms. The summed E-state index contributed by atoms with van der Waals surface area (Å²) >= 11 is 1.62. The van der Waals surface area contributed by atoms with Gasteiger partial charge in [0.25, 0.3) is 0 Å². The van der Waals surface area contributed by atoms with Gasteiger partial charge in [0.1, 0.15) is 0 Å². The number of nitrogens with zero attached hydrogens (tertiary/aromatic N) is 2. The highest BCUT2D eigenvalue weighted by atomic mass is 32.1. The van der Waals surface area contributed by atoms with Crippen LogP contribution in [0.1, 0.15) is 18.4 Å². The summed E-state index contributed by atoms with van der Waals surface area (Å²) in [5.41, 5.74) is 4.27. The largest absolute Gasteiger partial charge is 0.357 e. The van der Waals surface area contributed by atoms with Crippen molar-refractivity contribution in [3.8, 4) is 12.1 Å². The first-order valence-corrected chi connectivity index (χ1v) is 8.98. The van der Waals surface area contributed by atoms with Gasteiger partial charge in [0.2, 0.25) is 0 Å². The Morgan fingerprint density at radius 2 is 1.92 bits per heavy atom. The van der Waals surface area contributed by atoms with Crippen molar-refractivity contribution in [3.05, 3.63) is 94.7 Å². The Morgan fingerprint density at radius 3 is 2.58 bits per heavy atom. The summed E-state index contributed by atoms with van der Waals surface area (Å²) in [6.07, 6.45) is 5.16. The third-order valence-electron chi connectivity index (χ3n) is 4.43. The molecule has 26 heavy (non-hydrogen) atoms. The minimum Gasteiger partial charge on any atom is -0.357 e. The average molecular weight is 355 g/mol. The van der Waals surface area contributed by atoms with Crippen molar-refractivity contribution in [2.45, 2.75) is 12.8 Å². The number of dihydropyridines is 1. The molecule has 1 aliphatic rings. The summed E-state index contributed by atoms with van der Waals surface area (Å²) in [6, 6.07) is 12.7. The minimum absolute atomic E-state index is 0.398. The molecule has 1 atom stereocenters. The topological polar surface area (TPSA) is 59.6 Å². The molecule has 1 aromatic heterocycles. The van der Waals surface area contributed by atoms with Crippen LogP contribution in [0.5, 0.6) is 0 Å². The Morgan fingerprint density at radius 1 is 1.19 bits per heavy atom. The van der Waals surface area contributed by atoms with E-state index in [1.165, 1.54) is 0 Å². The molecule has 0 fully saturated rings. The van der Waals surface area contributed by atoms with Crippen LogP contribution in [0, 0.1) is 22.7 Å². The first-order chi connectivity index (χ1) is 12.7. The summed E-state index contributed by atoms with van der Waals surface area (Å²) in [7, 11) is 0. The van der Waals surface area contributed by atoms with Crippen LogP contribution in [0.2, 0.25) is 0 Å². The number of nitrogens with one attached hydrogen (secondary N) is 1. The molecule has 1 N–H and O–H groups in total. The maximum Gasteiger partial charge on any atom is 0.0979 e. The van der Waals surface area contributed by atoms with E-state index in [1.807, 2.05) is 30.5 Å². The molecule has 4 heteroatoms. The van der Waals surface area contributed by atoms with Gasteiger partial charge in [-0.2, -0.15) is 10.5 Å². The van der Waals surface area contributed by atoms with E-state index in [0.29, 0.717) is 16.8 Å². The number of fused-ring (bicyclic) bond motifs is 1. The van der Waals surface area contributed by atoms with Crippen LogP contribution in [0.4, 0.5) is 0 Å². The van der Waals surface area contributed by atoms with Crippen molar-refractivity contribution in [2.24, 2.45) is 0 Å². The highest BCUT2D eigenvalue weighted by Crippen LogP contribution is 2.43. The van der Waals surface area contributed by atoms with Gasteiger partial charge < -0.3 is 5.32 Å². The molecule has 0 saturated heterocycles. The second kappa shape index (κ2) is 7.27. The van der Waals surface area contributed by atoms with Gasteiger partial charge in [0.15, 0.2) is 0 Å². The summed E-state index contributed by atoms with van der Waals surface area (Å²) in [5, 5.41) is 26.1. The molecule has 0 bridgehead atoms. The van der Waals surface area contributed by atoms with Gasteiger partial charge in [-0.25, -0.2) is 0 Å². The molecule has 0 aliphatic carbocycles. The lowest BCUT2D eigenvalue weighted by atomic mass is 9.80. The fourth-order valence-corrected chi connectivity index (χ4v) is 4.22. The van der Waals surface area contributed by atoms with E-state index in [9.17, 15) is 10.5 Å². The lowest BCUT2D eigenvalue weighted by Gasteiger charge is -2.28. The monoisotopic (exact) mass is 355 g/mol. The Kier molecular flexibility index (Phi) is 4.89. The van der Waals surface area contributed by atoms with E-state index in [1.54, 1.807) is 29.6 Å². The summed E-state index contributed by atoms with van der Waals surface area (Å²) in [5.74, 6) is -0.398. The number of rotatable bonds is 4. The number of hydrogen-bond acceptors (Lipinski definition) is 4. The van der Waals surface area contributed by atoms with Crippen molar-refractivity contribution in [1.29, 1.82) is 10.5 Å². The van der Waals surface area contributed by atoms with Gasteiger partial charge >= 0.3 is 0 Å². The van der Waals surface area contributed by atoms with Gasteiger partial charge in [0, 0.05) is 10.4 Å². The molecule has 0 radical (unpaired) electrons. The lowest BCUT2D eigenvalue weighted by molar-refractivity contribution is 0.831. The summed E-state index contributed by atoms with van der Waals surface area (Å²) in [6.45, 7) is 9.44.